The van der Waals surface area contributed by atoms with Gasteiger partial charge in [0.2, 0.25) is 0 Å². The van der Waals surface area contributed by atoms with Crippen molar-refractivity contribution < 1.29 is 32.8 Å². The molecule has 2 aromatic carbocycles. The Hall–Kier alpha value is -3.66. The number of carboxylic acids is 1. The maximum absolute atomic E-state index is 14.7. The number of hydrogen-bond acceptors (Lipinski definition) is 5. The maximum Gasteiger partial charge on any atom is 0.410 e. The topological polar surface area (TPSA) is 98.1 Å². The Morgan fingerprint density at radius 2 is 1.83 bits per heavy atom. The lowest BCUT2D eigenvalue weighted by Crippen LogP contribution is -2.33. The van der Waals surface area contributed by atoms with Crippen LogP contribution in [0.3, 0.4) is 0 Å². The van der Waals surface area contributed by atoms with E-state index in [1.165, 1.54) is 21.0 Å². The number of aliphatic carboxylic acids is 1. The Morgan fingerprint density at radius 3 is 2.49 bits per heavy atom. The third kappa shape index (κ3) is 6.92. The fourth-order valence-corrected chi connectivity index (χ4v) is 4.40. The highest BCUT2D eigenvalue weighted by atomic mass is 32.2. The van der Waals surface area contributed by atoms with Crippen LogP contribution in [0.1, 0.15) is 26.3 Å². The molecule has 3 rings (SSSR count). The average Bonchev–Trinajstić information content (AvgIpc) is 3.20. The van der Waals surface area contributed by atoms with Crippen molar-refractivity contribution in [3.05, 3.63) is 72.2 Å². The molecule has 0 aliphatic rings. The Labute approximate surface area is 205 Å². The first-order valence-electron chi connectivity index (χ1n) is 10.7. The summed E-state index contributed by atoms with van der Waals surface area (Å²) in [6.45, 7) is 4.90. The zero-order chi connectivity index (χ0) is 25.8. The zero-order valence-electron chi connectivity index (χ0n) is 19.9. The fraction of sp³-hybridized carbons (Fsp3) is 0.280. The number of rotatable bonds is 8. The molecule has 0 radical (unpaired) electrons. The quantitative estimate of drug-likeness (QED) is 0.480. The number of aromatic nitrogens is 1. The summed E-state index contributed by atoms with van der Waals surface area (Å²) in [5.74, 6) is -1.39. The summed E-state index contributed by atoms with van der Waals surface area (Å²) in [5.41, 5.74) is 0.546. The molecule has 0 fully saturated rings. The Balaban J connectivity index is 1.97. The molecule has 8 nitrogen and oxygen atoms in total. The van der Waals surface area contributed by atoms with Crippen molar-refractivity contribution in [1.29, 1.82) is 0 Å². The molecule has 1 unspecified atom stereocenters. The van der Waals surface area contributed by atoms with Crippen LogP contribution >= 0.6 is 0 Å². The van der Waals surface area contributed by atoms with Gasteiger partial charge >= 0.3 is 12.1 Å². The predicted octanol–water partition coefficient (Wildman–Crippen LogP) is 4.70. The molecule has 10 heteroatoms. The van der Waals surface area contributed by atoms with Gasteiger partial charge in [0.05, 0.1) is 17.1 Å². The minimum Gasteiger partial charge on any atom is -0.482 e. The standard InChI is InChI=1S/C25H27FN2O6S/c1-25(2,3)34-24(31)27(4)14-17-12-22(20-10-5-6-11-21(20)26)28(15-17)35(32)19-9-7-8-18(13-19)33-16-23(29)30/h5-13,15H,14,16H2,1-4H3,(H,29,30). The van der Waals surface area contributed by atoms with E-state index in [1.807, 2.05) is 0 Å². The molecule has 0 aliphatic heterocycles. The van der Waals surface area contributed by atoms with Crippen LogP contribution in [0.4, 0.5) is 9.18 Å². The number of carbonyl (C=O) groups excluding carboxylic acids is 1. The van der Waals surface area contributed by atoms with Gasteiger partial charge in [0.25, 0.3) is 0 Å². The summed E-state index contributed by atoms with van der Waals surface area (Å²) in [6.07, 6.45) is 1.06. The zero-order valence-corrected chi connectivity index (χ0v) is 20.7. The molecule has 1 heterocycles. The normalized spacial score (nSPS) is 12.1. The van der Waals surface area contributed by atoms with Gasteiger partial charge in [-0.25, -0.2) is 18.2 Å². The minimum absolute atomic E-state index is 0.141. The van der Waals surface area contributed by atoms with Crippen molar-refractivity contribution in [2.24, 2.45) is 0 Å². The molecule has 1 atom stereocenters. The molecule has 0 saturated carbocycles. The van der Waals surface area contributed by atoms with Gasteiger partial charge in [-0.2, -0.15) is 0 Å². The number of halogens is 1. The molecule has 0 aliphatic carbocycles. The SMILES string of the molecule is CN(Cc1cc(-c2ccccc2F)n(S(=O)c2cccc(OCC(=O)O)c2)c1)C(=O)OC(C)(C)C. The number of hydrogen-bond donors (Lipinski definition) is 1. The van der Waals surface area contributed by atoms with Crippen molar-refractivity contribution in [2.75, 3.05) is 13.7 Å². The van der Waals surface area contributed by atoms with Gasteiger partial charge in [-0.05, 0) is 62.7 Å². The monoisotopic (exact) mass is 502 g/mol. The molecule has 0 saturated heterocycles. The van der Waals surface area contributed by atoms with Crippen LogP contribution in [0.5, 0.6) is 5.75 Å². The predicted molar refractivity (Wildman–Crippen MR) is 129 cm³/mol. The molecule has 3 aromatic rings. The van der Waals surface area contributed by atoms with E-state index in [0.29, 0.717) is 16.2 Å². The highest BCUT2D eigenvalue weighted by molar-refractivity contribution is 7.83. The second-order valence-corrected chi connectivity index (χ2v) is 10.1. The molecule has 0 bridgehead atoms. The van der Waals surface area contributed by atoms with Crippen LogP contribution in [0.15, 0.2) is 65.7 Å². The van der Waals surface area contributed by atoms with Crippen molar-refractivity contribution in [2.45, 2.75) is 37.8 Å². The summed E-state index contributed by atoms with van der Waals surface area (Å²) in [5, 5.41) is 8.83. The van der Waals surface area contributed by atoms with Crippen LogP contribution in [-0.4, -0.2) is 49.5 Å². The molecule has 0 spiro atoms. The number of benzene rings is 2. The number of amides is 1. The van der Waals surface area contributed by atoms with Crippen molar-refractivity contribution in [1.82, 2.24) is 8.87 Å². The number of carbonyl (C=O) groups is 2. The Bertz CT molecular complexity index is 1250. The van der Waals surface area contributed by atoms with E-state index in [1.54, 1.807) is 76.5 Å². The van der Waals surface area contributed by atoms with Gasteiger partial charge in [-0.15, -0.1) is 0 Å². The number of carboxylic acid groups (broad SMARTS) is 1. The third-order valence-electron chi connectivity index (χ3n) is 4.67. The van der Waals surface area contributed by atoms with Crippen LogP contribution in [0.25, 0.3) is 11.3 Å². The lowest BCUT2D eigenvalue weighted by molar-refractivity contribution is -0.139. The molecule has 186 valence electrons. The lowest BCUT2D eigenvalue weighted by Gasteiger charge is -2.24. The second kappa shape index (κ2) is 10.7. The molecule has 1 aromatic heterocycles. The molecular weight excluding hydrogens is 475 g/mol. The van der Waals surface area contributed by atoms with E-state index in [4.69, 9.17) is 14.6 Å². The largest absolute Gasteiger partial charge is 0.482 e. The van der Waals surface area contributed by atoms with Crippen LogP contribution in [-0.2, 0) is 27.1 Å². The summed E-state index contributed by atoms with van der Waals surface area (Å²) >= 11 is 0. The summed E-state index contributed by atoms with van der Waals surface area (Å²) < 4.78 is 40.2. The summed E-state index contributed by atoms with van der Waals surface area (Å²) in [7, 11) is -0.247. The fourth-order valence-electron chi connectivity index (χ4n) is 3.20. The lowest BCUT2D eigenvalue weighted by atomic mass is 10.1. The molecule has 35 heavy (non-hydrogen) atoms. The summed E-state index contributed by atoms with van der Waals surface area (Å²) in [4.78, 5) is 24.9. The highest BCUT2D eigenvalue weighted by Crippen LogP contribution is 2.29. The Morgan fingerprint density at radius 1 is 1.11 bits per heavy atom. The smallest absolute Gasteiger partial charge is 0.410 e. The van der Waals surface area contributed by atoms with Crippen molar-refractivity contribution >= 4 is 23.0 Å². The molecular formula is C25H27FN2O6S. The van der Waals surface area contributed by atoms with E-state index >= 15 is 0 Å². The van der Waals surface area contributed by atoms with Crippen LogP contribution in [0.2, 0.25) is 0 Å². The van der Waals surface area contributed by atoms with Crippen molar-refractivity contribution in [3.63, 3.8) is 0 Å². The van der Waals surface area contributed by atoms with Gasteiger partial charge < -0.3 is 19.5 Å². The number of ether oxygens (including phenoxy) is 2. The minimum atomic E-state index is -1.82. The van der Waals surface area contributed by atoms with E-state index in [9.17, 15) is 18.2 Å². The van der Waals surface area contributed by atoms with Crippen LogP contribution < -0.4 is 4.74 Å². The van der Waals surface area contributed by atoms with Gasteiger partial charge in [0, 0.05) is 18.8 Å². The number of nitrogens with zero attached hydrogens (tertiary/aromatic N) is 2. The first kappa shape index (κ1) is 26.0. The first-order chi connectivity index (χ1) is 16.4. The van der Waals surface area contributed by atoms with E-state index in [-0.39, 0.29) is 17.9 Å². The maximum atomic E-state index is 14.7. The molecule has 1 N–H and O–H groups in total. The molecule has 1 amide bonds. The van der Waals surface area contributed by atoms with E-state index in [2.05, 4.69) is 0 Å². The van der Waals surface area contributed by atoms with Crippen molar-refractivity contribution in [3.8, 4) is 17.0 Å². The van der Waals surface area contributed by atoms with E-state index in [0.717, 1.165) is 0 Å². The van der Waals surface area contributed by atoms with E-state index < -0.39 is 41.1 Å². The third-order valence-corrected chi connectivity index (χ3v) is 5.98. The van der Waals surface area contributed by atoms with Gasteiger partial charge in [0.15, 0.2) is 17.6 Å². The average molecular weight is 503 g/mol. The van der Waals surface area contributed by atoms with Gasteiger partial charge in [-0.1, -0.05) is 18.2 Å². The second-order valence-electron chi connectivity index (χ2n) is 8.78. The summed E-state index contributed by atoms with van der Waals surface area (Å²) in [6, 6.07) is 14.0. The highest BCUT2D eigenvalue weighted by Gasteiger charge is 2.22. The van der Waals surface area contributed by atoms with Gasteiger partial charge in [-0.3, -0.25) is 3.97 Å². The first-order valence-corrected chi connectivity index (χ1v) is 11.8. The Kier molecular flexibility index (Phi) is 7.96. The van der Waals surface area contributed by atoms with Crippen LogP contribution in [0, 0.1) is 5.82 Å². The van der Waals surface area contributed by atoms with Gasteiger partial charge in [0.1, 0.15) is 17.2 Å².